The fourth-order valence-electron chi connectivity index (χ4n) is 2.88. The predicted molar refractivity (Wildman–Crippen MR) is 105 cm³/mol. The van der Waals surface area contributed by atoms with Gasteiger partial charge in [0.2, 0.25) is 0 Å². The van der Waals surface area contributed by atoms with Crippen LogP contribution in [0.3, 0.4) is 0 Å². The standard InChI is InChI=1S/C21H20N4O3/c1-14-3-2-4-15(11-14)13-22-21(26)17-6-8-20(25-24-17)23-16-5-7-18-19(12-16)28-10-9-27-18/h2-8,11-12H,9-10,13H2,1H3,(H,22,26)(H,23,25). The van der Waals surface area contributed by atoms with Crippen LogP contribution in [-0.2, 0) is 6.54 Å². The number of fused-ring (bicyclic) bond motifs is 1. The van der Waals surface area contributed by atoms with Crippen LogP contribution in [0.2, 0.25) is 0 Å². The number of anilines is 2. The van der Waals surface area contributed by atoms with Gasteiger partial charge < -0.3 is 20.1 Å². The molecule has 2 heterocycles. The first-order valence-corrected chi connectivity index (χ1v) is 9.01. The van der Waals surface area contributed by atoms with E-state index in [0.717, 1.165) is 22.6 Å². The fourth-order valence-corrected chi connectivity index (χ4v) is 2.88. The number of aryl methyl sites for hydroxylation is 1. The van der Waals surface area contributed by atoms with Crippen molar-refractivity contribution in [3.05, 3.63) is 71.4 Å². The Kier molecular flexibility index (Phi) is 5.05. The van der Waals surface area contributed by atoms with E-state index in [4.69, 9.17) is 9.47 Å². The highest BCUT2D eigenvalue weighted by Gasteiger charge is 2.12. The first kappa shape index (κ1) is 17.8. The maximum Gasteiger partial charge on any atom is 0.272 e. The van der Waals surface area contributed by atoms with Gasteiger partial charge >= 0.3 is 0 Å². The molecule has 7 heteroatoms. The van der Waals surface area contributed by atoms with Crippen LogP contribution >= 0.6 is 0 Å². The number of carbonyl (C=O) groups excluding carboxylic acids is 1. The van der Waals surface area contributed by atoms with Gasteiger partial charge in [-0.1, -0.05) is 29.8 Å². The van der Waals surface area contributed by atoms with Gasteiger partial charge in [-0.25, -0.2) is 0 Å². The molecule has 3 aromatic rings. The number of benzene rings is 2. The summed E-state index contributed by atoms with van der Waals surface area (Å²) in [6.45, 7) is 3.55. The third-order valence-electron chi connectivity index (χ3n) is 4.25. The molecule has 0 fully saturated rings. The van der Waals surface area contributed by atoms with Crippen molar-refractivity contribution in [2.75, 3.05) is 18.5 Å². The lowest BCUT2D eigenvalue weighted by atomic mass is 10.1. The summed E-state index contributed by atoms with van der Waals surface area (Å²) in [5, 5.41) is 14.1. The largest absolute Gasteiger partial charge is 0.486 e. The summed E-state index contributed by atoms with van der Waals surface area (Å²) < 4.78 is 11.1. The quantitative estimate of drug-likeness (QED) is 0.711. The molecule has 0 unspecified atom stereocenters. The number of amides is 1. The second kappa shape index (κ2) is 7.96. The van der Waals surface area contributed by atoms with Crippen LogP contribution in [0, 0.1) is 6.92 Å². The number of aromatic nitrogens is 2. The highest BCUT2D eigenvalue weighted by Crippen LogP contribution is 2.33. The molecule has 1 amide bonds. The zero-order valence-electron chi connectivity index (χ0n) is 15.4. The van der Waals surface area contributed by atoms with Crippen molar-refractivity contribution in [3.63, 3.8) is 0 Å². The van der Waals surface area contributed by atoms with Crippen LogP contribution in [0.1, 0.15) is 21.6 Å². The Morgan fingerprint density at radius 2 is 1.86 bits per heavy atom. The smallest absolute Gasteiger partial charge is 0.272 e. The van der Waals surface area contributed by atoms with Gasteiger partial charge in [-0.15, -0.1) is 10.2 Å². The topological polar surface area (TPSA) is 85.4 Å². The van der Waals surface area contributed by atoms with Crippen molar-refractivity contribution in [3.8, 4) is 11.5 Å². The van der Waals surface area contributed by atoms with Crippen molar-refractivity contribution in [2.45, 2.75) is 13.5 Å². The molecule has 0 saturated heterocycles. The number of hydrogen-bond donors (Lipinski definition) is 2. The molecule has 1 aromatic heterocycles. The number of rotatable bonds is 5. The molecule has 0 saturated carbocycles. The zero-order chi connectivity index (χ0) is 19.3. The highest BCUT2D eigenvalue weighted by molar-refractivity contribution is 5.92. The summed E-state index contributed by atoms with van der Waals surface area (Å²) in [6.07, 6.45) is 0. The molecule has 0 radical (unpaired) electrons. The maximum atomic E-state index is 12.3. The molecule has 4 rings (SSSR count). The van der Waals surface area contributed by atoms with Gasteiger partial charge in [-0.3, -0.25) is 4.79 Å². The van der Waals surface area contributed by atoms with E-state index >= 15 is 0 Å². The van der Waals surface area contributed by atoms with E-state index in [1.807, 2.05) is 49.4 Å². The molecule has 2 N–H and O–H groups in total. The first-order chi connectivity index (χ1) is 13.7. The molecule has 142 valence electrons. The molecule has 28 heavy (non-hydrogen) atoms. The van der Waals surface area contributed by atoms with Crippen LogP contribution in [-0.4, -0.2) is 29.3 Å². The second-order valence-electron chi connectivity index (χ2n) is 6.46. The summed E-state index contributed by atoms with van der Waals surface area (Å²) in [7, 11) is 0. The molecule has 2 aromatic carbocycles. The number of carbonyl (C=O) groups is 1. The van der Waals surface area contributed by atoms with Gasteiger partial charge in [-0.05, 0) is 36.8 Å². The third-order valence-corrected chi connectivity index (χ3v) is 4.25. The van der Waals surface area contributed by atoms with Gasteiger partial charge in [0, 0.05) is 18.3 Å². The molecule has 0 aliphatic carbocycles. The number of nitrogens with zero attached hydrogens (tertiary/aromatic N) is 2. The van der Waals surface area contributed by atoms with Crippen LogP contribution in [0.15, 0.2) is 54.6 Å². The van der Waals surface area contributed by atoms with E-state index in [0.29, 0.717) is 31.3 Å². The second-order valence-corrected chi connectivity index (χ2v) is 6.46. The van der Waals surface area contributed by atoms with Crippen LogP contribution < -0.4 is 20.1 Å². The van der Waals surface area contributed by atoms with Crippen molar-refractivity contribution in [1.29, 1.82) is 0 Å². The van der Waals surface area contributed by atoms with Crippen molar-refractivity contribution in [2.24, 2.45) is 0 Å². The van der Waals surface area contributed by atoms with Crippen LogP contribution in [0.25, 0.3) is 0 Å². The minimum absolute atomic E-state index is 0.264. The Morgan fingerprint density at radius 1 is 1.00 bits per heavy atom. The van der Waals surface area contributed by atoms with Gasteiger partial charge in [0.1, 0.15) is 13.2 Å². The molecule has 0 atom stereocenters. The summed E-state index contributed by atoms with van der Waals surface area (Å²) >= 11 is 0. The zero-order valence-corrected chi connectivity index (χ0v) is 15.4. The lowest BCUT2D eigenvalue weighted by Gasteiger charge is -2.19. The monoisotopic (exact) mass is 376 g/mol. The van der Waals surface area contributed by atoms with Gasteiger partial charge in [-0.2, -0.15) is 0 Å². The number of ether oxygens (including phenoxy) is 2. The lowest BCUT2D eigenvalue weighted by Crippen LogP contribution is -2.24. The minimum Gasteiger partial charge on any atom is -0.486 e. The number of hydrogen-bond acceptors (Lipinski definition) is 6. The third kappa shape index (κ3) is 4.20. The van der Waals surface area contributed by atoms with E-state index < -0.39 is 0 Å². The minimum atomic E-state index is -0.264. The van der Waals surface area contributed by atoms with E-state index in [1.165, 1.54) is 0 Å². The molecule has 1 aliphatic heterocycles. The fraction of sp³-hybridized carbons (Fsp3) is 0.190. The molecular formula is C21H20N4O3. The van der Waals surface area contributed by atoms with Crippen LogP contribution in [0.4, 0.5) is 11.5 Å². The first-order valence-electron chi connectivity index (χ1n) is 9.01. The number of nitrogens with one attached hydrogen (secondary N) is 2. The molecule has 0 spiro atoms. The Balaban J connectivity index is 1.37. The normalized spacial score (nSPS) is 12.3. The van der Waals surface area contributed by atoms with Gasteiger partial charge in [0.15, 0.2) is 23.0 Å². The summed E-state index contributed by atoms with van der Waals surface area (Å²) in [6, 6.07) is 16.9. The Bertz CT molecular complexity index is 989. The van der Waals surface area contributed by atoms with Gasteiger partial charge in [0.05, 0.1) is 0 Å². The van der Waals surface area contributed by atoms with Crippen LogP contribution in [0.5, 0.6) is 11.5 Å². The van der Waals surface area contributed by atoms with E-state index in [1.54, 1.807) is 12.1 Å². The lowest BCUT2D eigenvalue weighted by molar-refractivity contribution is 0.0945. The van der Waals surface area contributed by atoms with E-state index in [2.05, 4.69) is 20.8 Å². The summed E-state index contributed by atoms with van der Waals surface area (Å²) in [4.78, 5) is 12.3. The maximum absolute atomic E-state index is 12.3. The molecule has 1 aliphatic rings. The Labute approximate surface area is 162 Å². The molecular weight excluding hydrogens is 356 g/mol. The van der Waals surface area contributed by atoms with Crippen molar-refractivity contribution in [1.82, 2.24) is 15.5 Å². The van der Waals surface area contributed by atoms with Gasteiger partial charge in [0.25, 0.3) is 5.91 Å². The summed E-state index contributed by atoms with van der Waals surface area (Å²) in [5.41, 5.74) is 3.26. The molecule has 7 nitrogen and oxygen atoms in total. The van der Waals surface area contributed by atoms with Crippen molar-refractivity contribution >= 4 is 17.4 Å². The SMILES string of the molecule is Cc1cccc(CNC(=O)c2ccc(Nc3ccc4c(c3)OCCO4)nn2)c1. The average molecular weight is 376 g/mol. The average Bonchev–Trinajstić information content (AvgIpc) is 2.72. The summed E-state index contributed by atoms with van der Waals surface area (Å²) in [5.74, 6) is 1.69. The Hall–Kier alpha value is -3.61. The predicted octanol–water partition coefficient (Wildman–Crippen LogP) is 3.23. The van der Waals surface area contributed by atoms with E-state index in [-0.39, 0.29) is 11.6 Å². The van der Waals surface area contributed by atoms with E-state index in [9.17, 15) is 4.79 Å². The molecule has 0 bridgehead atoms. The highest BCUT2D eigenvalue weighted by atomic mass is 16.6. The van der Waals surface area contributed by atoms with Crippen molar-refractivity contribution < 1.29 is 14.3 Å². The Morgan fingerprint density at radius 3 is 2.64 bits per heavy atom.